The largest absolute Gasteiger partial charge is 0.423 e. The Morgan fingerprint density at radius 2 is 2.00 bits per heavy atom. The summed E-state index contributed by atoms with van der Waals surface area (Å²) >= 11 is 0. The summed E-state index contributed by atoms with van der Waals surface area (Å²) in [6.45, 7) is 3.10. The SMILES string of the molecule is CCc1nnc(Cn2cc(CN)c3ccccc32)o1. The van der Waals surface area contributed by atoms with E-state index in [1.54, 1.807) is 0 Å². The lowest BCUT2D eigenvalue weighted by Gasteiger charge is -2.00. The normalized spacial score (nSPS) is 11.3. The third-order valence-electron chi connectivity index (χ3n) is 3.21. The molecule has 0 saturated carbocycles. The lowest BCUT2D eigenvalue weighted by molar-refractivity contribution is 0.444. The summed E-state index contributed by atoms with van der Waals surface area (Å²) in [5.74, 6) is 1.30. The van der Waals surface area contributed by atoms with Crippen LogP contribution >= 0.6 is 0 Å². The molecular formula is C14H16N4O. The zero-order chi connectivity index (χ0) is 13.2. The average molecular weight is 256 g/mol. The van der Waals surface area contributed by atoms with Gasteiger partial charge in [0.1, 0.15) is 6.54 Å². The molecule has 3 aromatic rings. The van der Waals surface area contributed by atoms with E-state index in [1.165, 1.54) is 5.39 Å². The Morgan fingerprint density at radius 1 is 1.21 bits per heavy atom. The summed E-state index contributed by atoms with van der Waals surface area (Å²) in [7, 11) is 0. The van der Waals surface area contributed by atoms with Crippen molar-refractivity contribution >= 4 is 10.9 Å². The molecule has 0 aliphatic rings. The van der Waals surface area contributed by atoms with Gasteiger partial charge in [-0.1, -0.05) is 25.1 Å². The van der Waals surface area contributed by atoms with Crippen molar-refractivity contribution in [2.45, 2.75) is 26.4 Å². The maximum Gasteiger partial charge on any atom is 0.236 e. The molecular weight excluding hydrogens is 240 g/mol. The number of hydrogen-bond acceptors (Lipinski definition) is 4. The number of nitrogens with zero attached hydrogens (tertiary/aromatic N) is 3. The van der Waals surface area contributed by atoms with Gasteiger partial charge in [-0.25, -0.2) is 0 Å². The molecule has 0 atom stereocenters. The number of benzene rings is 1. The van der Waals surface area contributed by atoms with E-state index >= 15 is 0 Å². The van der Waals surface area contributed by atoms with Crippen molar-refractivity contribution in [1.82, 2.24) is 14.8 Å². The third-order valence-corrected chi connectivity index (χ3v) is 3.21. The Morgan fingerprint density at radius 3 is 2.74 bits per heavy atom. The van der Waals surface area contributed by atoms with Gasteiger partial charge in [0.25, 0.3) is 0 Å². The third kappa shape index (κ3) is 2.13. The van der Waals surface area contributed by atoms with Crippen LogP contribution in [0.3, 0.4) is 0 Å². The minimum absolute atomic E-state index is 0.525. The maximum absolute atomic E-state index is 5.78. The van der Waals surface area contributed by atoms with Gasteiger partial charge in [-0.2, -0.15) is 0 Å². The second-order valence-corrected chi connectivity index (χ2v) is 4.45. The van der Waals surface area contributed by atoms with E-state index in [1.807, 2.05) is 19.1 Å². The van der Waals surface area contributed by atoms with Gasteiger partial charge < -0.3 is 14.7 Å². The first-order valence-corrected chi connectivity index (χ1v) is 6.40. The lowest BCUT2D eigenvalue weighted by atomic mass is 10.2. The molecule has 0 bridgehead atoms. The van der Waals surface area contributed by atoms with Crippen LogP contribution in [0, 0.1) is 0 Å². The van der Waals surface area contributed by atoms with Crippen molar-refractivity contribution in [2.75, 3.05) is 0 Å². The highest BCUT2D eigenvalue weighted by Gasteiger charge is 2.10. The van der Waals surface area contributed by atoms with Crippen molar-refractivity contribution in [3.63, 3.8) is 0 Å². The molecule has 19 heavy (non-hydrogen) atoms. The van der Waals surface area contributed by atoms with Crippen molar-refractivity contribution in [1.29, 1.82) is 0 Å². The lowest BCUT2D eigenvalue weighted by Crippen LogP contribution is -1.99. The highest BCUT2D eigenvalue weighted by molar-refractivity contribution is 5.83. The average Bonchev–Trinajstić information content (AvgIpc) is 3.04. The van der Waals surface area contributed by atoms with Gasteiger partial charge in [0.2, 0.25) is 11.8 Å². The van der Waals surface area contributed by atoms with Crippen molar-refractivity contribution < 1.29 is 4.42 Å². The van der Waals surface area contributed by atoms with Crippen LogP contribution in [0.15, 0.2) is 34.9 Å². The molecule has 0 fully saturated rings. The monoisotopic (exact) mass is 256 g/mol. The number of aryl methyl sites for hydroxylation is 1. The predicted octanol–water partition coefficient (Wildman–Crippen LogP) is 2.09. The number of rotatable bonds is 4. The molecule has 5 heteroatoms. The van der Waals surface area contributed by atoms with E-state index in [0.717, 1.165) is 17.5 Å². The van der Waals surface area contributed by atoms with Crippen LogP contribution in [0.5, 0.6) is 0 Å². The Kier molecular flexibility index (Phi) is 3.05. The Balaban J connectivity index is 2.00. The second-order valence-electron chi connectivity index (χ2n) is 4.45. The first kappa shape index (κ1) is 11.9. The summed E-state index contributed by atoms with van der Waals surface area (Å²) < 4.78 is 7.66. The molecule has 0 aliphatic carbocycles. The highest BCUT2D eigenvalue weighted by Crippen LogP contribution is 2.21. The topological polar surface area (TPSA) is 69.9 Å². The van der Waals surface area contributed by atoms with Crippen LogP contribution in [0.25, 0.3) is 10.9 Å². The molecule has 0 aliphatic heterocycles. The number of aromatic nitrogens is 3. The van der Waals surface area contributed by atoms with E-state index in [0.29, 0.717) is 24.9 Å². The van der Waals surface area contributed by atoms with Crippen molar-refractivity contribution in [3.05, 3.63) is 47.8 Å². The fourth-order valence-electron chi connectivity index (χ4n) is 2.26. The van der Waals surface area contributed by atoms with Gasteiger partial charge in [-0.3, -0.25) is 0 Å². The van der Waals surface area contributed by atoms with Crippen LogP contribution < -0.4 is 5.73 Å². The predicted molar refractivity (Wildman–Crippen MR) is 72.6 cm³/mol. The van der Waals surface area contributed by atoms with Crippen molar-refractivity contribution in [2.24, 2.45) is 5.73 Å². The summed E-state index contributed by atoms with van der Waals surface area (Å²) in [5.41, 5.74) is 8.05. The van der Waals surface area contributed by atoms with Crippen LogP contribution in [0.2, 0.25) is 0 Å². The first-order chi connectivity index (χ1) is 9.31. The second kappa shape index (κ2) is 4.85. The Labute approximate surface area is 111 Å². The number of hydrogen-bond donors (Lipinski definition) is 1. The molecule has 2 aromatic heterocycles. The van der Waals surface area contributed by atoms with Crippen LogP contribution in [0.4, 0.5) is 0 Å². The smallest absolute Gasteiger partial charge is 0.236 e. The zero-order valence-corrected chi connectivity index (χ0v) is 10.8. The molecule has 0 unspecified atom stereocenters. The van der Waals surface area contributed by atoms with E-state index in [4.69, 9.17) is 10.2 Å². The maximum atomic E-state index is 5.78. The molecule has 0 spiro atoms. The van der Waals surface area contributed by atoms with Crippen LogP contribution in [-0.2, 0) is 19.5 Å². The molecule has 5 nitrogen and oxygen atoms in total. The van der Waals surface area contributed by atoms with Gasteiger partial charge in [0.15, 0.2) is 0 Å². The molecule has 1 aromatic carbocycles. The van der Waals surface area contributed by atoms with Gasteiger partial charge >= 0.3 is 0 Å². The number of fused-ring (bicyclic) bond motifs is 1. The summed E-state index contributed by atoms with van der Waals surface area (Å²) in [5, 5.41) is 9.22. The van der Waals surface area contributed by atoms with Crippen molar-refractivity contribution in [3.8, 4) is 0 Å². The minimum Gasteiger partial charge on any atom is -0.423 e. The Bertz CT molecular complexity index is 698. The van der Waals surface area contributed by atoms with Gasteiger partial charge in [0.05, 0.1) is 0 Å². The van der Waals surface area contributed by atoms with Gasteiger partial charge in [0, 0.05) is 30.1 Å². The molecule has 3 rings (SSSR count). The summed E-state index contributed by atoms with van der Waals surface area (Å²) in [4.78, 5) is 0. The standard InChI is InChI=1S/C14H16N4O/c1-2-13-16-17-14(19-13)9-18-8-10(7-15)11-5-3-4-6-12(11)18/h3-6,8H,2,7,9,15H2,1H3. The van der Waals surface area contributed by atoms with E-state index in [2.05, 4.69) is 33.1 Å². The molecule has 2 heterocycles. The fraction of sp³-hybridized carbons (Fsp3) is 0.286. The molecule has 0 saturated heterocycles. The Hall–Kier alpha value is -2.14. The van der Waals surface area contributed by atoms with E-state index in [-0.39, 0.29) is 0 Å². The zero-order valence-electron chi connectivity index (χ0n) is 10.8. The van der Waals surface area contributed by atoms with Crippen LogP contribution in [0.1, 0.15) is 24.3 Å². The minimum atomic E-state index is 0.525. The molecule has 2 N–H and O–H groups in total. The highest BCUT2D eigenvalue weighted by atomic mass is 16.4. The molecule has 0 radical (unpaired) electrons. The van der Waals surface area contributed by atoms with Gasteiger partial charge in [-0.15, -0.1) is 10.2 Å². The number of nitrogens with two attached hydrogens (primary N) is 1. The summed E-state index contributed by atoms with van der Waals surface area (Å²) in [6, 6.07) is 8.20. The van der Waals surface area contributed by atoms with E-state index in [9.17, 15) is 0 Å². The first-order valence-electron chi connectivity index (χ1n) is 6.40. The molecule has 0 amide bonds. The molecule has 98 valence electrons. The van der Waals surface area contributed by atoms with E-state index < -0.39 is 0 Å². The summed E-state index contributed by atoms with van der Waals surface area (Å²) in [6.07, 6.45) is 2.81. The number of para-hydroxylation sites is 1. The quantitative estimate of drug-likeness (QED) is 0.776. The van der Waals surface area contributed by atoms with Gasteiger partial charge in [-0.05, 0) is 11.6 Å². The fourth-order valence-corrected chi connectivity index (χ4v) is 2.26. The van der Waals surface area contributed by atoms with Crippen LogP contribution in [-0.4, -0.2) is 14.8 Å².